The fourth-order valence-corrected chi connectivity index (χ4v) is 2.85. The molecule has 0 aliphatic rings. The molecule has 0 unspecified atom stereocenters. The molecule has 0 saturated carbocycles. The number of carboxylic acids is 1. The van der Waals surface area contributed by atoms with Crippen molar-refractivity contribution in [3.05, 3.63) is 12.0 Å². The summed E-state index contributed by atoms with van der Waals surface area (Å²) in [6.07, 6.45) is 9.06. The van der Waals surface area contributed by atoms with E-state index in [4.69, 9.17) is 0 Å². The molecule has 1 N–H and O–H groups in total. The van der Waals surface area contributed by atoms with Crippen LogP contribution in [0.25, 0.3) is 0 Å². The molecule has 0 saturated heterocycles. The van der Waals surface area contributed by atoms with Gasteiger partial charge in [0.2, 0.25) is 0 Å². The number of hydrogen-bond donors (Lipinski definition) is 1. The van der Waals surface area contributed by atoms with Crippen LogP contribution in [0.3, 0.4) is 0 Å². The van der Waals surface area contributed by atoms with Gasteiger partial charge >= 0.3 is 0 Å². The van der Waals surface area contributed by atoms with Crippen LogP contribution in [0, 0.1) is 0 Å². The summed E-state index contributed by atoms with van der Waals surface area (Å²) < 4.78 is 0.556. The zero-order valence-corrected chi connectivity index (χ0v) is 14.1. The number of aliphatic hydroxyl groups is 1. The average molecular weight is 299 g/mol. The van der Waals surface area contributed by atoms with E-state index in [9.17, 15) is 15.0 Å². The monoisotopic (exact) mass is 299 g/mol. The zero-order valence-electron chi connectivity index (χ0n) is 14.1. The van der Waals surface area contributed by atoms with Gasteiger partial charge in [0.15, 0.2) is 0 Å². The summed E-state index contributed by atoms with van der Waals surface area (Å²) in [6.45, 7) is 8.57. The van der Waals surface area contributed by atoms with E-state index in [1.54, 1.807) is 0 Å². The number of carbonyl (C=O) groups excluding carboxylic acids is 1. The first-order chi connectivity index (χ1) is 9.99. The number of quaternary nitrogens is 1. The predicted octanol–water partition coefficient (Wildman–Crippen LogP) is 3.13. The highest BCUT2D eigenvalue weighted by Crippen LogP contribution is 2.17. The van der Waals surface area contributed by atoms with Crippen LogP contribution in [0.15, 0.2) is 12.0 Å². The van der Waals surface area contributed by atoms with E-state index in [0.717, 1.165) is 38.8 Å². The first-order valence-corrected chi connectivity index (χ1v) is 8.46. The third kappa shape index (κ3) is 9.51. The lowest BCUT2D eigenvalue weighted by Gasteiger charge is -2.35. The zero-order chi connectivity index (χ0) is 16.1. The molecule has 0 spiro atoms. The minimum absolute atomic E-state index is 0.0413. The summed E-state index contributed by atoms with van der Waals surface area (Å²) in [5.41, 5.74) is 0. The number of allylic oxidation sites excluding steroid dienone is 1. The maximum Gasteiger partial charge on any atom is 0.145 e. The molecular formula is C17H33NO3. The predicted molar refractivity (Wildman–Crippen MR) is 84.5 cm³/mol. The van der Waals surface area contributed by atoms with Crippen LogP contribution in [-0.2, 0) is 4.79 Å². The Morgan fingerprint density at radius 1 is 0.952 bits per heavy atom. The van der Waals surface area contributed by atoms with Crippen LogP contribution in [0.2, 0.25) is 0 Å². The maximum absolute atomic E-state index is 10.8. The van der Waals surface area contributed by atoms with Crippen molar-refractivity contribution in [2.45, 2.75) is 72.1 Å². The topological polar surface area (TPSA) is 60.4 Å². The molecule has 0 rings (SSSR count). The lowest BCUT2D eigenvalue weighted by atomic mass is 10.1. The molecule has 21 heavy (non-hydrogen) atoms. The summed E-state index contributed by atoms with van der Waals surface area (Å²) in [4.78, 5) is 10.8. The average Bonchev–Trinajstić information content (AvgIpc) is 2.42. The highest BCUT2D eigenvalue weighted by atomic mass is 16.4. The van der Waals surface area contributed by atoms with Gasteiger partial charge in [0, 0.05) is 18.8 Å². The summed E-state index contributed by atoms with van der Waals surface area (Å²) in [5.74, 6) is -0.605. The van der Waals surface area contributed by atoms with Gasteiger partial charge in [0.25, 0.3) is 0 Å². The summed E-state index contributed by atoms with van der Waals surface area (Å²) in [5, 5.41) is 21.0. The van der Waals surface area contributed by atoms with Gasteiger partial charge in [-0.25, -0.2) is 0 Å². The number of aliphatic carboxylic acids is 1. The number of carbonyl (C=O) groups is 1. The number of unbranched alkanes of at least 4 members (excludes halogenated alkanes) is 3. The second-order valence-corrected chi connectivity index (χ2v) is 5.94. The number of nitrogens with zero attached hydrogens (tertiary/aromatic N) is 1. The van der Waals surface area contributed by atoms with E-state index in [2.05, 4.69) is 20.8 Å². The van der Waals surface area contributed by atoms with Crippen molar-refractivity contribution in [1.29, 1.82) is 0 Å². The lowest BCUT2D eigenvalue weighted by Crippen LogP contribution is -2.47. The normalized spacial score (nSPS) is 12.6. The van der Waals surface area contributed by atoms with E-state index >= 15 is 0 Å². The van der Waals surface area contributed by atoms with Crippen LogP contribution in [-0.4, -0.2) is 35.2 Å². The summed E-state index contributed by atoms with van der Waals surface area (Å²) in [6, 6.07) is 0. The van der Waals surface area contributed by atoms with Crippen molar-refractivity contribution < 1.29 is 19.5 Å². The Morgan fingerprint density at radius 2 is 1.57 bits per heavy atom. The van der Waals surface area contributed by atoms with Crippen molar-refractivity contribution in [3.8, 4) is 0 Å². The molecular weight excluding hydrogens is 266 g/mol. The first-order valence-electron chi connectivity index (χ1n) is 8.46. The standard InChI is InChI=1S/C17H33NO3/c1-4-7-8-9-10-16(19)15-18(12-5-2,13-6-3)14-11-17(20)21/h15H,4-14H2,1-3H3,(H-,19,20,21)/b16-15-. The van der Waals surface area contributed by atoms with Crippen LogP contribution < -0.4 is 5.11 Å². The van der Waals surface area contributed by atoms with Gasteiger partial charge in [-0.3, -0.25) is 4.48 Å². The Labute approximate surface area is 130 Å². The van der Waals surface area contributed by atoms with Gasteiger partial charge in [-0.2, -0.15) is 0 Å². The van der Waals surface area contributed by atoms with Crippen molar-refractivity contribution in [3.63, 3.8) is 0 Å². The number of rotatable bonds is 13. The van der Waals surface area contributed by atoms with Crippen LogP contribution in [0.4, 0.5) is 0 Å². The first kappa shape index (κ1) is 20.0. The molecule has 0 fully saturated rings. The highest BCUT2D eigenvalue weighted by Gasteiger charge is 2.24. The Hall–Kier alpha value is -1.03. The van der Waals surface area contributed by atoms with E-state index in [1.165, 1.54) is 12.8 Å². The number of carboxylic acid groups (broad SMARTS) is 1. The molecule has 0 bridgehead atoms. The van der Waals surface area contributed by atoms with Gasteiger partial charge < -0.3 is 15.0 Å². The van der Waals surface area contributed by atoms with Crippen LogP contribution >= 0.6 is 0 Å². The Morgan fingerprint density at radius 3 is 2.05 bits per heavy atom. The molecule has 0 aromatic rings. The van der Waals surface area contributed by atoms with Gasteiger partial charge in [0.05, 0.1) is 19.6 Å². The lowest BCUT2D eigenvalue weighted by molar-refractivity contribution is -0.880. The molecule has 124 valence electrons. The minimum atomic E-state index is -1.01. The van der Waals surface area contributed by atoms with Gasteiger partial charge in [0.1, 0.15) is 12.0 Å². The van der Waals surface area contributed by atoms with Gasteiger partial charge in [-0.15, -0.1) is 0 Å². The Bertz CT molecular complexity index is 307. The minimum Gasteiger partial charge on any atom is -0.550 e. The smallest absolute Gasteiger partial charge is 0.145 e. The molecule has 0 aliphatic heterocycles. The largest absolute Gasteiger partial charge is 0.550 e. The molecule has 0 aliphatic carbocycles. The third-order valence-electron chi connectivity index (χ3n) is 3.81. The summed E-state index contributed by atoms with van der Waals surface area (Å²) in [7, 11) is 0. The van der Waals surface area contributed by atoms with Gasteiger partial charge in [-0.1, -0.05) is 40.0 Å². The fraction of sp³-hybridized carbons (Fsp3) is 0.824. The molecule has 4 nitrogen and oxygen atoms in total. The van der Waals surface area contributed by atoms with E-state index in [0.29, 0.717) is 23.2 Å². The van der Waals surface area contributed by atoms with E-state index < -0.39 is 5.97 Å². The SMILES string of the molecule is CCCCCC/C(O)=C/[N+](CCC)(CCC)CCC(=O)[O-]. The highest BCUT2D eigenvalue weighted by molar-refractivity contribution is 5.64. The van der Waals surface area contributed by atoms with Crippen molar-refractivity contribution in [2.75, 3.05) is 19.6 Å². The van der Waals surface area contributed by atoms with Crippen molar-refractivity contribution in [2.24, 2.45) is 0 Å². The second kappa shape index (κ2) is 11.6. The Kier molecular flexibility index (Phi) is 11.0. The maximum atomic E-state index is 10.8. The molecule has 0 amide bonds. The third-order valence-corrected chi connectivity index (χ3v) is 3.81. The molecule has 0 heterocycles. The van der Waals surface area contributed by atoms with Crippen molar-refractivity contribution in [1.82, 2.24) is 0 Å². The summed E-state index contributed by atoms with van der Waals surface area (Å²) >= 11 is 0. The van der Waals surface area contributed by atoms with E-state index in [-0.39, 0.29) is 6.42 Å². The van der Waals surface area contributed by atoms with E-state index in [1.807, 2.05) is 6.20 Å². The molecule has 0 radical (unpaired) electrons. The molecule has 4 heteroatoms. The molecule has 0 atom stereocenters. The number of aliphatic hydroxyl groups excluding tert-OH is 1. The number of hydrogen-bond acceptors (Lipinski definition) is 3. The molecule has 0 aromatic heterocycles. The van der Waals surface area contributed by atoms with Crippen molar-refractivity contribution >= 4 is 5.97 Å². The fourth-order valence-electron chi connectivity index (χ4n) is 2.85. The van der Waals surface area contributed by atoms with Gasteiger partial charge in [-0.05, 0) is 19.3 Å². The van der Waals surface area contributed by atoms with Crippen LogP contribution in [0.5, 0.6) is 0 Å². The second-order valence-electron chi connectivity index (χ2n) is 5.94. The Balaban J connectivity index is 4.76. The molecule has 0 aromatic carbocycles. The van der Waals surface area contributed by atoms with Crippen LogP contribution in [0.1, 0.15) is 72.1 Å². The quantitative estimate of drug-likeness (QED) is 0.323.